The second-order valence-electron chi connectivity index (χ2n) is 7.68. The number of anilines is 1. The van der Waals surface area contributed by atoms with E-state index in [9.17, 15) is 18.0 Å². The number of alkyl halides is 3. The van der Waals surface area contributed by atoms with Crippen LogP contribution in [0.1, 0.15) is 47.2 Å². The third-order valence-corrected chi connectivity index (χ3v) is 5.60. The van der Waals surface area contributed by atoms with Crippen LogP contribution in [0.5, 0.6) is 0 Å². The van der Waals surface area contributed by atoms with Crippen LogP contribution in [0.3, 0.4) is 0 Å². The monoisotopic (exact) mass is 427 g/mol. The highest BCUT2D eigenvalue weighted by molar-refractivity contribution is 6.05. The van der Waals surface area contributed by atoms with Gasteiger partial charge in [-0.05, 0) is 49.9 Å². The van der Waals surface area contributed by atoms with Gasteiger partial charge < -0.3 is 10.6 Å². The Labute approximate surface area is 176 Å². The van der Waals surface area contributed by atoms with Crippen molar-refractivity contribution in [1.82, 2.24) is 15.5 Å². The molecule has 2 aromatic carbocycles. The summed E-state index contributed by atoms with van der Waals surface area (Å²) in [7, 11) is 0. The summed E-state index contributed by atoms with van der Waals surface area (Å²) in [6, 6.07) is 10.7. The van der Waals surface area contributed by atoms with E-state index in [4.69, 9.17) is 5.26 Å². The normalized spacial score (nSPS) is 19.0. The van der Waals surface area contributed by atoms with E-state index in [2.05, 4.69) is 20.8 Å². The Morgan fingerprint density at radius 1 is 1.13 bits per heavy atom. The summed E-state index contributed by atoms with van der Waals surface area (Å²) < 4.78 is 39.5. The van der Waals surface area contributed by atoms with Gasteiger partial charge in [-0.1, -0.05) is 12.1 Å². The summed E-state index contributed by atoms with van der Waals surface area (Å²) >= 11 is 0. The second-order valence-corrected chi connectivity index (χ2v) is 7.68. The SMILES string of the molecule is N#Cc1ccc(NC2CCC(NC(=O)c3cccc4cn[nH]c34)CC2)cc1C(F)(F)F. The predicted octanol–water partition coefficient (Wildman–Crippen LogP) is 4.61. The van der Waals surface area contributed by atoms with Gasteiger partial charge in [0.25, 0.3) is 5.91 Å². The standard InChI is InChI=1S/C22H20F3N5O/c23-22(24,25)19-10-17(5-4-13(19)11-26)28-15-6-8-16(9-7-15)29-21(31)18-3-1-2-14-12-27-30-20(14)18/h1-5,10,12,15-16,28H,6-9H2,(H,27,30)(H,29,31). The molecule has 6 nitrogen and oxygen atoms in total. The Morgan fingerprint density at radius 3 is 2.58 bits per heavy atom. The van der Waals surface area contributed by atoms with Crippen LogP contribution < -0.4 is 10.6 Å². The van der Waals surface area contributed by atoms with Crippen molar-refractivity contribution >= 4 is 22.5 Å². The minimum atomic E-state index is -4.58. The Bertz CT molecular complexity index is 1140. The molecule has 0 radical (unpaired) electrons. The first-order chi connectivity index (χ1) is 14.8. The fourth-order valence-electron chi connectivity index (χ4n) is 4.01. The van der Waals surface area contributed by atoms with E-state index in [-0.39, 0.29) is 18.0 Å². The van der Waals surface area contributed by atoms with Gasteiger partial charge in [0, 0.05) is 23.2 Å². The molecule has 3 N–H and O–H groups in total. The fourth-order valence-corrected chi connectivity index (χ4v) is 4.01. The van der Waals surface area contributed by atoms with Crippen LogP contribution >= 0.6 is 0 Å². The van der Waals surface area contributed by atoms with Gasteiger partial charge in [0.05, 0.1) is 34.5 Å². The molecule has 4 rings (SSSR count). The summed E-state index contributed by atoms with van der Waals surface area (Å²) in [5.41, 5.74) is 0.236. The maximum Gasteiger partial charge on any atom is 0.417 e. The molecular formula is C22H20F3N5O. The summed E-state index contributed by atoms with van der Waals surface area (Å²) in [6.45, 7) is 0. The minimum absolute atomic E-state index is 0.00166. The number of para-hydroxylation sites is 1. The fraction of sp³-hybridized carbons (Fsp3) is 0.318. The van der Waals surface area contributed by atoms with Gasteiger partial charge in [0.1, 0.15) is 0 Å². The molecule has 1 aromatic heterocycles. The van der Waals surface area contributed by atoms with E-state index in [1.165, 1.54) is 12.1 Å². The molecule has 160 valence electrons. The quantitative estimate of drug-likeness (QED) is 0.567. The number of carbonyl (C=O) groups excluding carboxylic acids is 1. The van der Waals surface area contributed by atoms with Gasteiger partial charge in [-0.25, -0.2) is 0 Å². The van der Waals surface area contributed by atoms with Crippen molar-refractivity contribution in [3.8, 4) is 6.07 Å². The van der Waals surface area contributed by atoms with Crippen LogP contribution in [-0.2, 0) is 6.18 Å². The van der Waals surface area contributed by atoms with Crippen molar-refractivity contribution in [1.29, 1.82) is 5.26 Å². The van der Waals surface area contributed by atoms with E-state index in [1.54, 1.807) is 24.4 Å². The second kappa shape index (κ2) is 8.30. The number of amides is 1. The van der Waals surface area contributed by atoms with Crippen molar-refractivity contribution in [2.24, 2.45) is 0 Å². The van der Waals surface area contributed by atoms with Gasteiger partial charge >= 0.3 is 6.18 Å². The molecule has 0 aliphatic heterocycles. The van der Waals surface area contributed by atoms with Gasteiger partial charge in [-0.3, -0.25) is 9.89 Å². The molecule has 1 aliphatic rings. The number of hydrogen-bond acceptors (Lipinski definition) is 4. The summed E-state index contributed by atoms with van der Waals surface area (Å²) in [6.07, 6.45) is -0.0742. The molecule has 0 atom stereocenters. The van der Waals surface area contributed by atoms with Crippen molar-refractivity contribution < 1.29 is 18.0 Å². The molecule has 0 spiro atoms. The van der Waals surface area contributed by atoms with Gasteiger partial charge in [-0.2, -0.15) is 23.5 Å². The molecule has 3 aromatic rings. The molecule has 0 saturated heterocycles. The summed E-state index contributed by atoms with van der Waals surface area (Å²) in [5.74, 6) is -0.173. The molecule has 1 aliphatic carbocycles. The van der Waals surface area contributed by atoms with E-state index in [0.29, 0.717) is 42.5 Å². The molecular weight excluding hydrogens is 407 g/mol. The lowest BCUT2D eigenvalue weighted by molar-refractivity contribution is -0.137. The topological polar surface area (TPSA) is 93.6 Å². The van der Waals surface area contributed by atoms with Crippen LogP contribution in [0, 0.1) is 11.3 Å². The number of rotatable bonds is 4. The number of hydrogen-bond donors (Lipinski definition) is 3. The van der Waals surface area contributed by atoms with Crippen LogP contribution in [0.25, 0.3) is 10.9 Å². The number of nitrogens with zero attached hydrogens (tertiary/aromatic N) is 2. The Balaban J connectivity index is 1.36. The zero-order valence-corrected chi connectivity index (χ0v) is 16.5. The van der Waals surface area contributed by atoms with Gasteiger partial charge in [0.2, 0.25) is 0 Å². The average molecular weight is 427 g/mol. The largest absolute Gasteiger partial charge is 0.417 e. The first-order valence-electron chi connectivity index (χ1n) is 9.96. The number of aromatic nitrogens is 2. The van der Waals surface area contributed by atoms with Gasteiger partial charge in [-0.15, -0.1) is 0 Å². The Kier molecular flexibility index (Phi) is 5.55. The smallest absolute Gasteiger partial charge is 0.382 e. The molecule has 1 saturated carbocycles. The highest BCUT2D eigenvalue weighted by atomic mass is 19.4. The number of halogens is 3. The average Bonchev–Trinajstić information content (AvgIpc) is 3.23. The van der Waals surface area contributed by atoms with Crippen molar-refractivity contribution in [3.63, 3.8) is 0 Å². The Hall–Kier alpha value is -3.54. The molecule has 1 fully saturated rings. The lowest BCUT2D eigenvalue weighted by Gasteiger charge is -2.30. The number of aromatic amines is 1. The van der Waals surface area contributed by atoms with Crippen LogP contribution in [0.4, 0.5) is 18.9 Å². The Morgan fingerprint density at radius 2 is 1.87 bits per heavy atom. The van der Waals surface area contributed by atoms with E-state index >= 15 is 0 Å². The molecule has 9 heteroatoms. The molecule has 1 heterocycles. The number of H-pyrrole nitrogens is 1. The lowest BCUT2D eigenvalue weighted by atomic mass is 9.90. The van der Waals surface area contributed by atoms with Crippen molar-refractivity contribution in [2.45, 2.75) is 43.9 Å². The third kappa shape index (κ3) is 4.48. The van der Waals surface area contributed by atoms with Crippen molar-refractivity contribution in [2.75, 3.05) is 5.32 Å². The van der Waals surface area contributed by atoms with Crippen LogP contribution in [0.2, 0.25) is 0 Å². The van der Waals surface area contributed by atoms with E-state index in [0.717, 1.165) is 11.5 Å². The molecule has 0 bridgehead atoms. The predicted molar refractivity (Wildman–Crippen MR) is 109 cm³/mol. The van der Waals surface area contributed by atoms with E-state index in [1.807, 2.05) is 6.07 Å². The minimum Gasteiger partial charge on any atom is -0.382 e. The summed E-state index contributed by atoms with van der Waals surface area (Å²) in [5, 5.41) is 22.8. The highest BCUT2D eigenvalue weighted by Crippen LogP contribution is 2.34. The molecule has 31 heavy (non-hydrogen) atoms. The molecule has 1 amide bonds. The van der Waals surface area contributed by atoms with Crippen LogP contribution in [0.15, 0.2) is 42.6 Å². The first-order valence-corrected chi connectivity index (χ1v) is 9.96. The van der Waals surface area contributed by atoms with Crippen LogP contribution in [-0.4, -0.2) is 28.2 Å². The maximum atomic E-state index is 13.2. The molecule has 0 unspecified atom stereocenters. The number of carbonyl (C=O) groups is 1. The van der Waals surface area contributed by atoms with Crippen molar-refractivity contribution in [3.05, 3.63) is 59.3 Å². The number of benzene rings is 2. The highest BCUT2D eigenvalue weighted by Gasteiger charge is 2.34. The number of nitrogens with one attached hydrogen (secondary N) is 3. The zero-order valence-electron chi connectivity index (χ0n) is 16.5. The van der Waals surface area contributed by atoms with E-state index < -0.39 is 17.3 Å². The maximum absolute atomic E-state index is 13.2. The first kappa shape index (κ1) is 20.7. The lowest BCUT2D eigenvalue weighted by Crippen LogP contribution is -2.40. The number of nitriles is 1. The number of fused-ring (bicyclic) bond motifs is 1. The third-order valence-electron chi connectivity index (χ3n) is 5.60. The zero-order chi connectivity index (χ0) is 22.0. The van der Waals surface area contributed by atoms with Gasteiger partial charge in [0.15, 0.2) is 0 Å². The summed E-state index contributed by atoms with van der Waals surface area (Å²) in [4.78, 5) is 12.7.